The van der Waals surface area contributed by atoms with Crippen molar-refractivity contribution < 1.29 is 14.7 Å². The topological polar surface area (TPSA) is 83.6 Å². The first-order valence-electron chi connectivity index (χ1n) is 5.85. The number of hydrogen-bond acceptors (Lipinski definition) is 4. The number of hydrogen-bond donors (Lipinski definition) is 2. The standard InChI is InChI=1S/C11H20N2O3S/c1-17-7-5-8(12)10(14)13-6-3-2-4-9(13)11(15)16/h8-9H,2-7,12H2,1H3,(H,15,16)/t8-,9-/m0/s1. The summed E-state index contributed by atoms with van der Waals surface area (Å²) in [7, 11) is 0. The zero-order valence-corrected chi connectivity index (χ0v) is 10.9. The van der Waals surface area contributed by atoms with Gasteiger partial charge in [-0.15, -0.1) is 0 Å². The summed E-state index contributed by atoms with van der Waals surface area (Å²) in [5.41, 5.74) is 5.80. The van der Waals surface area contributed by atoms with Crippen molar-refractivity contribution in [3.8, 4) is 0 Å². The van der Waals surface area contributed by atoms with Crippen LogP contribution in [-0.4, -0.2) is 52.5 Å². The van der Waals surface area contributed by atoms with Gasteiger partial charge >= 0.3 is 5.97 Å². The Morgan fingerprint density at radius 3 is 2.82 bits per heavy atom. The first-order valence-corrected chi connectivity index (χ1v) is 7.25. The summed E-state index contributed by atoms with van der Waals surface area (Å²) in [4.78, 5) is 24.6. The van der Waals surface area contributed by atoms with Crippen molar-refractivity contribution >= 4 is 23.6 Å². The van der Waals surface area contributed by atoms with E-state index in [9.17, 15) is 9.59 Å². The molecule has 2 atom stereocenters. The SMILES string of the molecule is CSCC[C@H](N)C(=O)N1CCCC[C@H]1C(=O)O. The van der Waals surface area contributed by atoms with E-state index >= 15 is 0 Å². The Morgan fingerprint density at radius 1 is 1.53 bits per heavy atom. The third-order valence-electron chi connectivity index (χ3n) is 3.02. The van der Waals surface area contributed by atoms with E-state index in [-0.39, 0.29) is 5.91 Å². The predicted molar refractivity (Wildman–Crippen MR) is 68.0 cm³/mol. The summed E-state index contributed by atoms with van der Waals surface area (Å²) < 4.78 is 0. The van der Waals surface area contributed by atoms with Gasteiger partial charge in [-0.05, 0) is 37.7 Å². The molecule has 1 aliphatic rings. The highest BCUT2D eigenvalue weighted by Gasteiger charge is 2.33. The number of likely N-dealkylation sites (tertiary alicyclic amines) is 1. The Kier molecular flexibility index (Phi) is 5.77. The zero-order valence-electron chi connectivity index (χ0n) is 10.1. The quantitative estimate of drug-likeness (QED) is 0.753. The summed E-state index contributed by atoms with van der Waals surface area (Å²) >= 11 is 1.63. The molecule has 5 nitrogen and oxygen atoms in total. The van der Waals surface area contributed by atoms with Crippen LogP contribution in [0.5, 0.6) is 0 Å². The fourth-order valence-electron chi connectivity index (χ4n) is 2.03. The second kappa shape index (κ2) is 6.86. The predicted octanol–water partition coefficient (Wildman–Crippen LogP) is 0.532. The lowest BCUT2D eigenvalue weighted by Crippen LogP contribution is -2.53. The molecule has 1 aliphatic heterocycles. The van der Waals surface area contributed by atoms with E-state index in [0.717, 1.165) is 18.6 Å². The lowest BCUT2D eigenvalue weighted by Gasteiger charge is -2.34. The Bertz CT molecular complexity index is 286. The highest BCUT2D eigenvalue weighted by Crippen LogP contribution is 2.18. The molecular weight excluding hydrogens is 240 g/mol. The fraction of sp³-hybridized carbons (Fsp3) is 0.818. The van der Waals surface area contributed by atoms with Gasteiger partial charge in [0.25, 0.3) is 0 Å². The number of nitrogens with zero attached hydrogens (tertiary/aromatic N) is 1. The molecule has 1 saturated heterocycles. The maximum atomic E-state index is 12.0. The van der Waals surface area contributed by atoms with Crippen LogP contribution in [-0.2, 0) is 9.59 Å². The molecule has 0 saturated carbocycles. The van der Waals surface area contributed by atoms with Gasteiger partial charge in [-0.25, -0.2) is 4.79 Å². The van der Waals surface area contributed by atoms with Crippen molar-refractivity contribution in [3.05, 3.63) is 0 Å². The number of aliphatic carboxylic acids is 1. The number of thioether (sulfide) groups is 1. The summed E-state index contributed by atoms with van der Waals surface area (Å²) in [6, 6.07) is -1.25. The van der Waals surface area contributed by atoms with Crippen molar-refractivity contribution in [2.75, 3.05) is 18.6 Å². The van der Waals surface area contributed by atoms with Gasteiger partial charge in [0.15, 0.2) is 0 Å². The molecule has 1 amide bonds. The first kappa shape index (κ1) is 14.3. The Balaban J connectivity index is 2.61. The average Bonchev–Trinajstić information content (AvgIpc) is 2.34. The van der Waals surface area contributed by atoms with Crippen LogP contribution < -0.4 is 5.73 Å². The number of nitrogens with two attached hydrogens (primary N) is 1. The van der Waals surface area contributed by atoms with Gasteiger partial charge in [0.1, 0.15) is 6.04 Å². The number of rotatable bonds is 5. The minimum atomic E-state index is -0.921. The molecule has 0 aromatic carbocycles. The molecule has 1 fully saturated rings. The molecule has 98 valence electrons. The number of amides is 1. The van der Waals surface area contributed by atoms with Gasteiger partial charge in [0.2, 0.25) is 5.91 Å². The summed E-state index contributed by atoms with van der Waals surface area (Å²) in [5, 5.41) is 9.08. The second-order valence-corrected chi connectivity index (χ2v) is 5.26. The van der Waals surface area contributed by atoms with E-state index in [0.29, 0.717) is 19.4 Å². The number of carboxylic acids is 1. The van der Waals surface area contributed by atoms with Crippen molar-refractivity contribution in [1.29, 1.82) is 0 Å². The van der Waals surface area contributed by atoms with Crippen LogP contribution >= 0.6 is 11.8 Å². The van der Waals surface area contributed by atoms with Gasteiger partial charge in [0, 0.05) is 6.54 Å². The van der Waals surface area contributed by atoms with Crippen LogP contribution in [0.4, 0.5) is 0 Å². The van der Waals surface area contributed by atoms with Gasteiger partial charge in [-0.1, -0.05) is 0 Å². The largest absolute Gasteiger partial charge is 0.480 e. The van der Waals surface area contributed by atoms with E-state index < -0.39 is 18.1 Å². The van der Waals surface area contributed by atoms with Crippen LogP contribution in [0.1, 0.15) is 25.7 Å². The normalized spacial score (nSPS) is 22.2. The average molecular weight is 260 g/mol. The summed E-state index contributed by atoms with van der Waals surface area (Å²) in [6.45, 7) is 0.517. The van der Waals surface area contributed by atoms with Crippen LogP contribution in [0.15, 0.2) is 0 Å². The Morgan fingerprint density at radius 2 is 2.24 bits per heavy atom. The number of carbonyl (C=O) groups excluding carboxylic acids is 1. The molecule has 0 aliphatic carbocycles. The van der Waals surface area contributed by atoms with Crippen LogP contribution in [0, 0.1) is 0 Å². The molecule has 0 unspecified atom stereocenters. The molecule has 1 rings (SSSR count). The third-order valence-corrected chi connectivity index (χ3v) is 3.67. The van der Waals surface area contributed by atoms with E-state index in [4.69, 9.17) is 10.8 Å². The van der Waals surface area contributed by atoms with Crippen LogP contribution in [0.2, 0.25) is 0 Å². The molecule has 17 heavy (non-hydrogen) atoms. The minimum Gasteiger partial charge on any atom is -0.480 e. The van der Waals surface area contributed by atoms with Gasteiger partial charge in [-0.2, -0.15) is 11.8 Å². The van der Waals surface area contributed by atoms with Crippen LogP contribution in [0.25, 0.3) is 0 Å². The van der Waals surface area contributed by atoms with Crippen molar-refractivity contribution in [3.63, 3.8) is 0 Å². The maximum Gasteiger partial charge on any atom is 0.326 e. The molecule has 0 aromatic heterocycles. The molecule has 6 heteroatoms. The lowest BCUT2D eigenvalue weighted by molar-refractivity contribution is -0.152. The number of piperidine rings is 1. The molecular formula is C11H20N2O3S. The molecule has 0 aromatic rings. The van der Waals surface area contributed by atoms with Gasteiger partial charge < -0.3 is 15.7 Å². The Labute approximate surface area is 106 Å². The van der Waals surface area contributed by atoms with Gasteiger partial charge in [0.05, 0.1) is 6.04 Å². The third kappa shape index (κ3) is 3.89. The van der Waals surface area contributed by atoms with E-state index in [1.54, 1.807) is 11.8 Å². The molecule has 0 radical (unpaired) electrons. The summed E-state index contributed by atoms with van der Waals surface area (Å²) in [5.74, 6) is -0.320. The molecule has 3 N–H and O–H groups in total. The number of carboxylic acid groups (broad SMARTS) is 1. The smallest absolute Gasteiger partial charge is 0.326 e. The monoisotopic (exact) mass is 260 g/mol. The highest BCUT2D eigenvalue weighted by molar-refractivity contribution is 7.98. The first-order chi connectivity index (χ1) is 8.07. The van der Waals surface area contributed by atoms with Crippen molar-refractivity contribution in [2.45, 2.75) is 37.8 Å². The molecule has 0 spiro atoms. The highest BCUT2D eigenvalue weighted by atomic mass is 32.2. The lowest BCUT2D eigenvalue weighted by atomic mass is 10.0. The van der Waals surface area contributed by atoms with E-state index in [1.807, 2.05) is 6.26 Å². The fourth-order valence-corrected chi connectivity index (χ4v) is 2.52. The molecule has 0 bridgehead atoms. The van der Waals surface area contributed by atoms with E-state index in [2.05, 4.69) is 0 Å². The summed E-state index contributed by atoms with van der Waals surface area (Å²) in [6.07, 6.45) is 4.82. The van der Waals surface area contributed by atoms with E-state index in [1.165, 1.54) is 4.90 Å². The van der Waals surface area contributed by atoms with Gasteiger partial charge in [-0.3, -0.25) is 4.79 Å². The van der Waals surface area contributed by atoms with Crippen molar-refractivity contribution in [1.82, 2.24) is 4.90 Å². The van der Waals surface area contributed by atoms with Crippen molar-refractivity contribution in [2.24, 2.45) is 5.73 Å². The van der Waals surface area contributed by atoms with Crippen LogP contribution in [0.3, 0.4) is 0 Å². The zero-order chi connectivity index (χ0) is 12.8. The number of carbonyl (C=O) groups is 2. The Hall–Kier alpha value is -0.750. The maximum absolute atomic E-state index is 12.0. The minimum absolute atomic E-state index is 0.217. The molecule has 1 heterocycles. The second-order valence-electron chi connectivity index (χ2n) is 4.27.